The Hall–Kier alpha value is -2.41. The maximum absolute atomic E-state index is 8.46. The Labute approximate surface area is 133 Å². The van der Waals surface area contributed by atoms with Crippen LogP contribution in [-0.4, -0.2) is 49.3 Å². The normalized spacial score (nSPS) is 10.6. The van der Waals surface area contributed by atoms with Crippen LogP contribution in [-0.2, 0) is 5.75 Å². The van der Waals surface area contributed by atoms with Gasteiger partial charge in [0.25, 0.3) is 0 Å². The highest BCUT2D eigenvalue weighted by Gasteiger charge is 1.99. The lowest BCUT2D eigenvalue weighted by Crippen LogP contribution is -2.43. The van der Waals surface area contributed by atoms with Crippen molar-refractivity contribution in [2.75, 3.05) is 32.4 Å². The average molecular weight is 324 g/mol. The van der Waals surface area contributed by atoms with Gasteiger partial charge in [0.15, 0.2) is 12.2 Å². The number of rotatable bonds is 8. The largest absolute Gasteiger partial charge is 0.448 e. The fourth-order valence-electron chi connectivity index (χ4n) is 1.39. The van der Waals surface area contributed by atoms with E-state index in [1.807, 2.05) is 0 Å². The third kappa shape index (κ3) is 8.01. The molecule has 1 aromatic rings. The third-order valence-electron chi connectivity index (χ3n) is 2.37. The molecule has 0 aliphatic heterocycles. The van der Waals surface area contributed by atoms with Crippen LogP contribution in [0.25, 0.3) is 0 Å². The van der Waals surface area contributed by atoms with Gasteiger partial charge in [0.1, 0.15) is 6.26 Å². The highest BCUT2D eigenvalue weighted by atomic mass is 32.2. The molecule has 0 radical (unpaired) electrons. The van der Waals surface area contributed by atoms with Crippen LogP contribution >= 0.6 is 11.8 Å². The lowest BCUT2D eigenvalue weighted by Gasteiger charge is -2.11. The summed E-state index contributed by atoms with van der Waals surface area (Å²) in [6.45, 7) is 1.77. The van der Waals surface area contributed by atoms with Gasteiger partial charge in [0.2, 0.25) is 11.9 Å². The predicted molar refractivity (Wildman–Crippen MR) is 86.5 cm³/mol. The number of nitriles is 1. The van der Waals surface area contributed by atoms with Crippen molar-refractivity contribution in [1.82, 2.24) is 26.3 Å². The minimum atomic E-state index is 0.266. The molecule has 0 aliphatic carbocycles. The fourth-order valence-corrected chi connectivity index (χ4v) is 2.10. The SMILES string of the molecule is C/N=C(/NC#N)NCCNC(=N)NCCSCc1ncco1. The second-order valence-corrected chi connectivity index (χ2v) is 5.05. The number of aromatic nitrogens is 1. The summed E-state index contributed by atoms with van der Waals surface area (Å²) in [5.74, 6) is 2.96. The standard InChI is InChI=1S/C12H20N8OS/c1-15-12(20-9-13)19-3-2-17-11(14)18-5-7-22-8-10-16-4-6-21-10/h4,6H,2-3,5,7-8H2,1H3,(H3,14,17,18)(H2,15,19,20). The topological polar surface area (TPSA) is 134 Å². The number of oxazole rings is 1. The fraction of sp³-hybridized carbons (Fsp3) is 0.500. The Bertz CT molecular complexity index is 496. The van der Waals surface area contributed by atoms with Crippen LogP contribution in [0.1, 0.15) is 5.89 Å². The minimum absolute atomic E-state index is 0.266. The number of nitrogens with zero attached hydrogens (tertiary/aromatic N) is 3. The van der Waals surface area contributed by atoms with Crippen molar-refractivity contribution >= 4 is 23.7 Å². The number of aliphatic imine (C=N–C) groups is 1. The number of hydrogen-bond donors (Lipinski definition) is 5. The van der Waals surface area contributed by atoms with Crippen LogP contribution in [0.5, 0.6) is 0 Å². The summed E-state index contributed by atoms with van der Waals surface area (Å²) in [6.07, 6.45) is 4.97. The molecule has 1 aromatic heterocycles. The van der Waals surface area contributed by atoms with Gasteiger partial charge in [-0.25, -0.2) is 4.98 Å². The van der Waals surface area contributed by atoms with Crippen molar-refractivity contribution in [3.8, 4) is 6.19 Å². The molecule has 9 nitrogen and oxygen atoms in total. The van der Waals surface area contributed by atoms with Gasteiger partial charge in [-0.2, -0.15) is 17.0 Å². The highest BCUT2D eigenvalue weighted by molar-refractivity contribution is 7.98. The molecule has 0 aromatic carbocycles. The second-order valence-electron chi connectivity index (χ2n) is 3.94. The molecule has 1 rings (SSSR count). The molecule has 5 N–H and O–H groups in total. The summed E-state index contributed by atoms with van der Waals surface area (Å²) in [7, 11) is 1.58. The molecule has 0 aliphatic rings. The molecule has 1 heterocycles. The van der Waals surface area contributed by atoms with E-state index < -0.39 is 0 Å². The van der Waals surface area contributed by atoms with Crippen LogP contribution < -0.4 is 21.3 Å². The lowest BCUT2D eigenvalue weighted by molar-refractivity contribution is 0.517. The van der Waals surface area contributed by atoms with Crippen molar-refractivity contribution in [2.45, 2.75) is 5.75 Å². The summed E-state index contributed by atoms with van der Waals surface area (Å²) >= 11 is 1.68. The van der Waals surface area contributed by atoms with Crippen LogP contribution in [0.3, 0.4) is 0 Å². The van der Waals surface area contributed by atoms with E-state index in [4.69, 9.17) is 15.1 Å². The number of nitrogens with one attached hydrogen (secondary N) is 5. The molecule has 0 spiro atoms. The second kappa shape index (κ2) is 11.3. The van der Waals surface area contributed by atoms with Crippen molar-refractivity contribution in [1.29, 1.82) is 10.7 Å². The summed E-state index contributed by atoms with van der Waals surface area (Å²) < 4.78 is 5.12. The van der Waals surface area contributed by atoms with E-state index in [2.05, 4.69) is 31.2 Å². The van der Waals surface area contributed by atoms with E-state index in [9.17, 15) is 0 Å². The van der Waals surface area contributed by atoms with Gasteiger partial charge >= 0.3 is 0 Å². The van der Waals surface area contributed by atoms with Crippen molar-refractivity contribution < 1.29 is 4.42 Å². The van der Waals surface area contributed by atoms with Gasteiger partial charge in [-0.3, -0.25) is 15.7 Å². The lowest BCUT2D eigenvalue weighted by atomic mass is 10.6. The van der Waals surface area contributed by atoms with Crippen LogP contribution in [0.15, 0.2) is 21.9 Å². The first-order valence-corrected chi connectivity index (χ1v) is 7.80. The zero-order valence-corrected chi connectivity index (χ0v) is 13.2. The van der Waals surface area contributed by atoms with E-state index in [0.29, 0.717) is 31.5 Å². The van der Waals surface area contributed by atoms with Gasteiger partial charge in [-0.05, 0) is 0 Å². The molecular formula is C12H20N8OS. The Balaban J connectivity index is 1.96. The van der Waals surface area contributed by atoms with Gasteiger partial charge < -0.3 is 20.4 Å². The molecule has 0 bridgehead atoms. The Kier molecular flexibility index (Phi) is 9.04. The smallest absolute Gasteiger partial charge is 0.204 e. The third-order valence-corrected chi connectivity index (χ3v) is 3.32. The zero-order valence-electron chi connectivity index (χ0n) is 12.3. The van der Waals surface area contributed by atoms with E-state index in [0.717, 1.165) is 11.5 Å². The summed E-state index contributed by atoms with van der Waals surface area (Å²) in [6, 6.07) is 0. The predicted octanol–water partition coefficient (Wildman–Crippen LogP) is -0.332. The molecule has 0 unspecified atom stereocenters. The van der Waals surface area contributed by atoms with E-state index >= 15 is 0 Å². The Morgan fingerprint density at radius 2 is 2.18 bits per heavy atom. The first kappa shape index (κ1) is 17.6. The molecule has 120 valence electrons. The summed E-state index contributed by atoms with van der Waals surface area (Å²) in [4.78, 5) is 7.87. The van der Waals surface area contributed by atoms with Crippen molar-refractivity contribution in [3.63, 3.8) is 0 Å². The number of hydrogen-bond acceptors (Lipinski definition) is 6. The maximum Gasteiger partial charge on any atom is 0.204 e. The van der Waals surface area contributed by atoms with Crippen molar-refractivity contribution in [2.24, 2.45) is 4.99 Å². The molecule has 0 atom stereocenters. The van der Waals surface area contributed by atoms with E-state index in [-0.39, 0.29) is 5.96 Å². The molecule has 0 saturated carbocycles. The zero-order chi connectivity index (χ0) is 16.0. The van der Waals surface area contributed by atoms with E-state index in [1.165, 1.54) is 0 Å². The van der Waals surface area contributed by atoms with Gasteiger partial charge in [-0.15, -0.1) is 0 Å². The maximum atomic E-state index is 8.46. The molecule has 0 fully saturated rings. The molecule has 10 heteroatoms. The minimum Gasteiger partial charge on any atom is -0.448 e. The molecular weight excluding hydrogens is 304 g/mol. The van der Waals surface area contributed by atoms with Crippen molar-refractivity contribution in [3.05, 3.63) is 18.4 Å². The quantitative estimate of drug-likeness (QED) is 0.144. The molecule has 22 heavy (non-hydrogen) atoms. The van der Waals surface area contributed by atoms with Crippen LogP contribution in [0.2, 0.25) is 0 Å². The molecule has 0 saturated heterocycles. The van der Waals surface area contributed by atoms with Crippen LogP contribution in [0, 0.1) is 16.9 Å². The number of guanidine groups is 2. The van der Waals surface area contributed by atoms with Crippen LogP contribution in [0.4, 0.5) is 0 Å². The molecule has 0 amide bonds. The summed E-state index contributed by atoms with van der Waals surface area (Å²) in [5.41, 5.74) is 0. The monoisotopic (exact) mass is 324 g/mol. The van der Waals surface area contributed by atoms with Gasteiger partial charge in [-0.1, -0.05) is 0 Å². The average Bonchev–Trinajstić information content (AvgIpc) is 3.03. The van der Waals surface area contributed by atoms with E-state index in [1.54, 1.807) is 37.5 Å². The first-order valence-electron chi connectivity index (χ1n) is 6.64. The van der Waals surface area contributed by atoms with Gasteiger partial charge in [0.05, 0.1) is 11.9 Å². The number of thioether (sulfide) groups is 1. The highest BCUT2D eigenvalue weighted by Crippen LogP contribution is 2.08. The Morgan fingerprint density at radius 1 is 1.41 bits per heavy atom. The first-order chi connectivity index (χ1) is 10.8. The van der Waals surface area contributed by atoms with Gasteiger partial charge in [0, 0.05) is 32.4 Å². The summed E-state index contributed by atoms with van der Waals surface area (Å²) in [5, 5.41) is 27.4. The Morgan fingerprint density at radius 3 is 2.86 bits per heavy atom.